The lowest BCUT2D eigenvalue weighted by Gasteiger charge is -2.01. The maximum Gasteiger partial charge on any atom is 0.0991 e. The normalized spacial score (nSPS) is 12.0. The van der Waals surface area contributed by atoms with Crippen molar-refractivity contribution in [1.29, 1.82) is 5.26 Å². The second kappa shape index (κ2) is 4.28. The standard InChI is InChI=1S/C23H12N2/c24-13-14-8-9-21-19(10-14)17-6-3-7-18-20-11-15-4-1-2-5-16(15)12-22(20)25(21)23(17)18/h1-12H. The minimum atomic E-state index is 0.705. The van der Waals surface area contributed by atoms with E-state index in [4.69, 9.17) is 0 Å². The van der Waals surface area contributed by atoms with Crippen LogP contribution in [0.4, 0.5) is 0 Å². The van der Waals surface area contributed by atoms with Crippen molar-refractivity contribution in [2.75, 3.05) is 0 Å². The summed E-state index contributed by atoms with van der Waals surface area (Å²) in [6, 6.07) is 27.8. The average Bonchev–Trinajstić information content (AvgIpc) is 3.17. The van der Waals surface area contributed by atoms with Crippen molar-refractivity contribution < 1.29 is 0 Å². The van der Waals surface area contributed by atoms with Gasteiger partial charge in [-0.15, -0.1) is 0 Å². The Morgan fingerprint density at radius 2 is 1.36 bits per heavy atom. The average molecular weight is 316 g/mol. The van der Waals surface area contributed by atoms with Crippen LogP contribution >= 0.6 is 0 Å². The van der Waals surface area contributed by atoms with Gasteiger partial charge in [-0.1, -0.05) is 42.5 Å². The highest BCUT2D eigenvalue weighted by molar-refractivity contribution is 6.24. The summed E-state index contributed by atoms with van der Waals surface area (Å²) < 4.78 is 2.35. The van der Waals surface area contributed by atoms with Crippen molar-refractivity contribution in [3.63, 3.8) is 0 Å². The molecule has 25 heavy (non-hydrogen) atoms. The van der Waals surface area contributed by atoms with Gasteiger partial charge in [0, 0.05) is 21.5 Å². The molecule has 6 rings (SSSR count). The van der Waals surface area contributed by atoms with Crippen molar-refractivity contribution in [2.45, 2.75) is 0 Å². The number of rotatable bonds is 0. The van der Waals surface area contributed by atoms with Gasteiger partial charge in [0.15, 0.2) is 0 Å². The molecule has 0 aliphatic rings. The van der Waals surface area contributed by atoms with Crippen LogP contribution < -0.4 is 0 Å². The number of hydrogen-bond donors (Lipinski definition) is 0. The Labute approximate surface area is 143 Å². The largest absolute Gasteiger partial charge is 0.308 e. The first-order valence-electron chi connectivity index (χ1n) is 8.36. The molecule has 0 atom stereocenters. The van der Waals surface area contributed by atoms with Crippen LogP contribution in [0.5, 0.6) is 0 Å². The maximum atomic E-state index is 9.26. The van der Waals surface area contributed by atoms with Crippen molar-refractivity contribution >= 4 is 48.9 Å². The molecule has 2 heterocycles. The van der Waals surface area contributed by atoms with E-state index in [1.54, 1.807) is 0 Å². The van der Waals surface area contributed by atoms with E-state index in [1.165, 1.54) is 38.0 Å². The van der Waals surface area contributed by atoms with Crippen LogP contribution in [0, 0.1) is 11.3 Å². The van der Waals surface area contributed by atoms with E-state index in [0.29, 0.717) is 5.56 Å². The van der Waals surface area contributed by atoms with Crippen molar-refractivity contribution in [3.8, 4) is 6.07 Å². The molecule has 2 nitrogen and oxygen atoms in total. The zero-order valence-corrected chi connectivity index (χ0v) is 13.3. The Kier molecular flexibility index (Phi) is 2.19. The first-order chi connectivity index (χ1) is 12.3. The summed E-state index contributed by atoms with van der Waals surface area (Å²) >= 11 is 0. The molecule has 0 bridgehead atoms. The molecule has 0 unspecified atom stereocenters. The Bertz CT molecular complexity index is 1500. The Morgan fingerprint density at radius 3 is 2.12 bits per heavy atom. The van der Waals surface area contributed by atoms with Crippen LogP contribution in [0.3, 0.4) is 0 Å². The second-order valence-electron chi connectivity index (χ2n) is 6.60. The predicted octanol–water partition coefficient (Wildman–Crippen LogP) is 5.86. The number of aromatic nitrogens is 1. The number of benzene rings is 4. The minimum absolute atomic E-state index is 0.705. The van der Waals surface area contributed by atoms with Gasteiger partial charge in [-0.2, -0.15) is 5.26 Å². The lowest BCUT2D eigenvalue weighted by atomic mass is 10.0. The summed E-state index contributed by atoms with van der Waals surface area (Å²) in [6.07, 6.45) is 0. The molecule has 114 valence electrons. The Morgan fingerprint density at radius 1 is 0.640 bits per heavy atom. The molecule has 0 fully saturated rings. The topological polar surface area (TPSA) is 28.2 Å². The van der Waals surface area contributed by atoms with E-state index in [-0.39, 0.29) is 0 Å². The van der Waals surface area contributed by atoms with E-state index in [9.17, 15) is 5.26 Å². The first kappa shape index (κ1) is 12.8. The fourth-order valence-electron chi connectivity index (χ4n) is 4.24. The van der Waals surface area contributed by atoms with Gasteiger partial charge in [0.2, 0.25) is 0 Å². The van der Waals surface area contributed by atoms with Crippen molar-refractivity contribution in [1.82, 2.24) is 4.40 Å². The summed E-state index contributed by atoms with van der Waals surface area (Å²) in [5.74, 6) is 0. The SMILES string of the molecule is N#Cc1ccc2c(c1)c1cccc3c4cc5ccccc5cc4n2c13. The summed E-state index contributed by atoms with van der Waals surface area (Å²) in [5.41, 5.74) is 4.34. The molecule has 0 aliphatic heterocycles. The third-order valence-corrected chi connectivity index (χ3v) is 5.31. The van der Waals surface area contributed by atoms with Crippen LogP contribution in [0.15, 0.2) is 72.8 Å². The summed E-state index contributed by atoms with van der Waals surface area (Å²) in [5, 5.41) is 16.7. The third kappa shape index (κ3) is 1.48. The van der Waals surface area contributed by atoms with Gasteiger partial charge in [0.05, 0.1) is 28.2 Å². The van der Waals surface area contributed by atoms with Gasteiger partial charge in [0.25, 0.3) is 0 Å². The highest BCUT2D eigenvalue weighted by Gasteiger charge is 2.17. The van der Waals surface area contributed by atoms with Gasteiger partial charge >= 0.3 is 0 Å². The molecule has 0 spiro atoms. The molecular weight excluding hydrogens is 304 g/mol. The van der Waals surface area contributed by atoms with Gasteiger partial charge < -0.3 is 4.40 Å². The van der Waals surface area contributed by atoms with E-state index >= 15 is 0 Å². The molecule has 0 saturated carbocycles. The molecule has 6 aromatic rings. The predicted molar refractivity (Wildman–Crippen MR) is 103 cm³/mol. The quantitative estimate of drug-likeness (QED) is 0.345. The van der Waals surface area contributed by atoms with E-state index < -0.39 is 0 Å². The zero-order chi connectivity index (χ0) is 16.5. The number of fused-ring (bicyclic) bond motifs is 7. The van der Waals surface area contributed by atoms with Crippen LogP contribution in [-0.2, 0) is 0 Å². The summed E-state index contributed by atoms with van der Waals surface area (Å²) in [6.45, 7) is 0. The van der Waals surface area contributed by atoms with E-state index in [2.05, 4.69) is 71.1 Å². The molecule has 0 aliphatic carbocycles. The molecule has 0 N–H and O–H groups in total. The lowest BCUT2D eigenvalue weighted by molar-refractivity contribution is 1.37. The molecule has 4 aromatic carbocycles. The number of hydrogen-bond acceptors (Lipinski definition) is 1. The fraction of sp³-hybridized carbons (Fsp3) is 0. The van der Waals surface area contributed by atoms with Crippen molar-refractivity contribution in [2.24, 2.45) is 0 Å². The lowest BCUT2D eigenvalue weighted by Crippen LogP contribution is -1.82. The molecule has 2 heteroatoms. The molecular formula is C23H12N2. The van der Waals surface area contributed by atoms with Gasteiger partial charge in [-0.3, -0.25) is 0 Å². The second-order valence-corrected chi connectivity index (χ2v) is 6.60. The molecule has 0 saturated heterocycles. The summed E-state index contributed by atoms with van der Waals surface area (Å²) in [4.78, 5) is 0. The highest BCUT2D eigenvalue weighted by Crippen LogP contribution is 2.40. The maximum absolute atomic E-state index is 9.26. The van der Waals surface area contributed by atoms with Gasteiger partial charge in [-0.25, -0.2) is 0 Å². The van der Waals surface area contributed by atoms with Gasteiger partial charge in [-0.05, 0) is 41.1 Å². The van der Waals surface area contributed by atoms with Crippen LogP contribution in [0.25, 0.3) is 48.9 Å². The van der Waals surface area contributed by atoms with Crippen LogP contribution in [0.1, 0.15) is 5.56 Å². The monoisotopic (exact) mass is 316 g/mol. The van der Waals surface area contributed by atoms with E-state index in [1.807, 2.05) is 12.1 Å². The zero-order valence-electron chi connectivity index (χ0n) is 13.3. The van der Waals surface area contributed by atoms with Crippen molar-refractivity contribution in [3.05, 3.63) is 78.4 Å². The fourth-order valence-corrected chi connectivity index (χ4v) is 4.24. The summed E-state index contributed by atoms with van der Waals surface area (Å²) in [7, 11) is 0. The van der Waals surface area contributed by atoms with Crippen LogP contribution in [-0.4, -0.2) is 4.40 Å². The Balaban J connectivity index is 1.97. The number of para-hydroxylation sites is 1. The molecule has 0 amide bonds. The smallest absolute Gasteiger partial charge is 0.0991 e. The van der Waals surface area contributed by atoms with Gasteiger partial charge in [0.1, 0.15) is 0 Å². The van der Waals surface area contributed by atoms with E-state index in [0.717, 1.165) is 10.9 Å². The molecule has 2 aromatic heterocycles. The number of nitrogens with zero attached hydrogens (tertiary/aromatic N) is 2. The first-order valence-corrected chi connectivity index (χ1v) is 8.36. The third-order valence-electron chi connectivity index (χ3n) is 5.31. The number of nitriles is 1. The Hall–Kier alpha value is -3.57. The van der Waals surface area contributed by atoms with Crippen LogP contribution in [0.2, 0.25) is 0 Å². The highest BCUT2D eigenvalue weighted by atomic mass is 14.9. The minimum Gasteiger partial charge on any atom is -0.308 e. The molecule has 0 radical (unpaired) electrons.